The molecule has 0 aliphatic rings. The van der Waals surface area contributed by atoms with Gasteiger partial charge in [-0.1, -0.05) is 0 Å². The van der Waals surface area contributed by atoms with Crippen LogP contribution in [0.3, 0.4) is 0 Å². The van der Waals surface area contributed by atoms with E-state index in [1.165, 1.54) is 6.07 Å². The minimum absolute atomic E-state index is 0.193. The molecule has 0 radical (unpaired) electrons. The maximum Gasteiger partial charge on any atom is 0.338 e. The van der Waals surface area contributed by atoms with Gasteiger partial charge in [0, 0.05) is 6.07 Å². The Morgan fingerprint density at radius 1 is 1.21 bits per heavy atom. The van der Waals surface area contributed by atoms with Crippen LogP contribution < -0.4 is 4.74 Å². The van der Waals surface area contributed by atoms with E-state index in [9.17, 15) is 9.59 Å². The maximum atomic E-state index is 11.4. The molecule has 1 aromatic heterocycles. The Kier molecular flexibility index (Phi) is 3.97. The highest BCUT2D eigenvalue weighted by atomic mass is 16.6. The summed E-state index contributed by atoms with van der Waals surface area (Å²) in [6.07, 6.45) is 0.594. The van der Waals surface area contributed by atoms with E-state index in [1.54, 1.807) is 37.3 Å². The Balaban J connectivity index is 2.06. The molecule has 0 aliphatic carbocycles. The van der Waals surface area contributed by atoms with Gasteiger partial charge in [0.05, 0.1) is 12.2 Å². The van der Waals surface area contributed by atoms with Crippen molar-refractivity contribution in [2.75, 3.05) is 6.61 Å². The van der Waals surface area contributed by atoms with Crippen LogP contribution in [0.2, 0.25) is 0 Å². The minimum Gasteiger partial charge on any atom is -0.462 e. The average molecular weight is 260 g/mol. The smallest absolute Gasteiger partial charge is 0.338 e. The van der Waals surface area contributed by atoms with Crippen LogP contribution in [0.4, 0.5) is 0 Å². The molecule has 0 unspecified atom stereocenters. The zero-order chi connectivity index (χ0) is 13.7. The second kappa shape index (κ2) is 5.86. The largest absolute Gasteiger partial charge is 0.462 e. The molecule has 0 aliphatic heterocycles. The van der Waals surface area contributed by atoms with Gasteiger partial charge >= 0.3 is 5.97 Å². The van der Waals surface area contributed by atoms with Gasteiger partial charge in [-0.2, -0.15) is 0 Å². The molecule has 1 heterocycles. The number of furan rings is 1. The third kappa shape index (κ3) is 3.22. The molecule has 0 bridgehead atoms. The number of hydrogen-bond acceptors (Lipinski definition) is 5. The molecular formula is C14H12O5. The average Bonchev–Trinajstić information content (AvgIpc) is 2.87. The molecular weight excluding hydrogens is 248 g/mol. The highest BCUT2D eigenvalue weighted by Gasteiger charge is 2.07. The second-order valence-corrected chi connectivity index (χ2v) is 3.62. The van der Waals surface area contributed by atoms with E-state index in [0.29, 0.717) is 24.2 Å². The lowest BCUT2D eigenvalue weighted by Crippen LogP contribution is -2.03. The van der Waals surface area contributed by atoms with Gasteiger partial charge in [-0.25, -0.2) is 4.79 Å². The van der Waals surface area contributed by atoms with Crippen LogP contribution in [0.5, 0.6) is 11.7 Å². The quantitative estimate of drug-likeness (QED) is 0.610. The third-order valence-corrected chi connectivity index (χ3v) is 2.30. The predicted octanol–water partition coefficient (Wildman–Crippen LogP) is 3.06. The van der Waals surface area contributed by atoms with E-state index in [1.807, 2.05) is 0 Å². The van der Waals surface area contributed by atoms with Gasteiger partial charge in [0.15, 0.2) is 12.0 Å². The van der Waals surface area contributed by atoms with Crippen LogP contribution in [-0.4, -0.2) is 18.9 Å². The molecule has 0 saturated carbocycles. The van der Waals surface area contributed by atoms with Crippen LogP contribution in [0.25, 0.3) is 0 Å². The first-order valence-corrected chi connectivity index (χ1v) is 5.73. The van der Waals surface area contributed by atoms with Gasteiger partial charge in [0.25, 0.3) is 5.95 Å². The van der Waals surface area contributed by atoms with E-state index in [0.717, 1.165) is 0 Å². The standard InChI is InChI=1S/C14H12O5/c1-2-17-14(16)10-3-5-11(6-4-10)18-13-8-7-12(9-15)19-13/h3-9H,2H2,1H3. The molecule has 2 rings (SSSR count). The Bertz CT molecular complexity index is 568. The number of carbonyl (C=O) groups excluding carboxylic acids is 2. The van der Waals surface area contributed by atoms with Gasteiger partial charge in [-0.05, 0) is 37.3 Å². The predicted molar refractivity (Wildman–Crippen MR) is 66.6 cm³/mol. The number of rotatable bonds is 5. The molecule has 98 valence electrons. The summed E-state index contributed by atoms with van der Waals surface area (Å²) in [5, 5.41) is 0. The Hall–Kier alpha value is -2.56. The van der Waals surface area contributed by atoms with Gasteiger partial charge < -0.3 is 13.9 Å². The van der Waals surface area contributed by atoms with Crippen molar-refractivity contribution >= 4 is 12.3 Å². The lowest BCUT2D eigenvalue weighted by Gasteiger charge is -2.04. The van der Waals surface area contributed by atoms with Crippen LogP contribution in [0.15, 0.2) is 40.8 Å². The van der Waals surface area contributed by atoms with Gasteiger partial charge in [-0.15, -0.1) is 0 Å². The number of carbonyl (C=O) groups is 2. The first-order valence-electron chi connectivity index (χ1n) is 5.73. The van der Waals surface area contributed by atoms with Crippen LogP contribution in [0, 0.1) is 0 Å². The fourth-order valence-electron chi connectivity index (χ4n) is 1.44. The lowest BCUT2D eigenvalue weighted by molar-refractivity contribution is 0.0526. The highest BCUT2D eigenvalue weighted by Crippen LogP contribution is 2.23. The minimum atomic E-state index is -0.379. The maximum absolute atomic E-state index is 11.4. The van der Waals surface area contributed by atoms with Crippen molar-refractivity contribution in [3.05, 3.63) is 47.7 Å². The van der Waals surface area contributed by atoms with Crippen molar-refractivity contribution < 1.29 is 23.5 Å². The summed E-state index contributed by atoms with van der Waals surface area (Å²) in [6, 6.07) is 9.48. The SMILES string of the molecule is CCOC(=O)c1ccc(Oc2ccc(C=O)o2)cc1. The topological polar surface area (TPSA) is 65.7 Å². The zero-order valence-corrected chi connectivity index (χ0v) is 10.3. The van der Waals surface area contributed by atoms with Gasteiger partial charge in [0.2, 0.25) is 0 Å². The number of benzene rings is 1. The first kappa shape index (κ1) is 12.9. The Labute approximate surface area is 109 Å². The van der Waals surface area contributed by atoms with Crippen molar-refractivity contribution in [2.45, 2.75) is 6.92 Å². The van der Waals surface area contributed by atoms with E-state index >= 15 is 0 Å². The van der Waals surface area contributed by atoms with Crippen molar-refractivity contribution in [2.24, 2.45) is 0 Å². The lowest BCUT2D eigenvalue weighted by atomic mass is 10.2. The zero-order valence-electron chi connectivity index (χ0n) is 10.3. The van der Waals surface area contributed by atoms with Crippen molar-refractivity contribution in [3.63, 3.8) is 0 Å². The summed E-state index contributed by atoms with van der Waals surface area (Å²) in [6.45, 7) is 2.08. The van der Waals surface area contributed by atoms with Crippen LogP contribution in [0.1, 0.15) is 27.8 Å². The van der Waals surface area contributed by atoms with E-state index in [-0.39, 0.29) is 17.7 Å². The summed E-state index contributed by atoms with van der Waals surface area (Å²) in [7, 11) is 0. The Morgan fingerprint density at radius 3 is 2.53 bits per heavy atom. The summed E-state index contributed by atoms with van der Waals surface area (Å²) in [5.41, 5.74) is 0.447. The van der Waals surface area contributed by atoms with Crippen molar-refractivity contribution in [3.8, 4) is 11.7 Å². The number of esters is 1. The second-order valence-electron chi connectivity index (χ2n) is 3.62. The molecule has 0 N–H and O–H groups in total. The molecule has 5 nitrogen and oxygen atoms in total. The molecule has 0 atom stereocenters. The van der Waals surface area contributed by atoms with E-state index < -0.39 is 0 Å². The molecule has 2 aromatic rings. The monoisotopic (exact) mass is 260 g/mol. The highest BCUT2D eigenvalue weighted by molar-refractivity contribution is 5.89. The van der Waals surface area contributed by atoms with E-state index in [4.69, 9.17) is 13.9 Å². The van der Waals surface area contributed by atoms with Crippen molar-refractivity contribution in [1.29, 1.82) is 0 Å². The summed E-state index contributed by atoms with van der Waals surface area (Å²) >= 11 is 0. The fraction of sp³-hybridized carbons (Fsp3) is 0.143. The molecule has 0 amide bonds. The third-order valence-electron chi connectivity index (χ3n) is 2.30. The molecule has 19 heavy (non-hydrogen) atoms. The summed E-state index contributed by atoms with van der Waals surface area (Å²) in [4.78, 5) is 21.9. The summed E-state index contributed by atoms with van der Waals surface area (Å²) < 4.78 is 15.3. The number of aldehydes is 1. The van der Waals surface area contributed by atoms with Crippen LogP contribution >= 0.6 is 0 Å². The molecule has 0 fully saturated rings. The first-order chi connectivity index (χ1) is 9.22. The molecule has 1 aromatic carbocycles. The van der Waals surface area contributed by atoms with Crippen LogP contribution in [-0.2, 0) is 4.74 Å². The number of ether oxygens (including phenoxy) is 2. The molecule has 0 spiro atoms. The van der Waals surface area contributed by atoms with Gasteiger partial charge in [0.1, 0.15) is 5.75 Å². The normalized spacial score (nSPS) is 9.95. The van der Waals surface area contributed by atoms with Crippen molar-refractivity contribution in [1.82, 2.24) is 0 Å². The van der Waals surface area contributed by atoms with E-state index in [2.05, 4.69) is 0 Å². The molecule has 0 saturated heterocycles. The summed E-state index contributed by atoms with van der Waals surface area (Å²) in [5.74, 6) is 0.527. The Morgan fingerprint density at radius 2 is 1.95 bits per heavy atom. The van der Waals surface area contributed by atoms with Gasteiger partial charge in [-0.3, -0.25) is 4.79 Å². The molecule has 5 heteroatoms. The number of hydrogen-bond donors (Lipinski definition) is 0. The fourth-order valence-corrected chi connectivity index (χ4v) is 1.44.